The molecule has 4 nitrogen and oxygen atoms in total. The molecule has 20 heavy (non-hydrogen) atoms. The van der Waals surface area contributed by atoms with E-state index in [1.165, 1.54) is 5.56 Å². The third-order valence-corrected chi connectivity index (χ3v) is 2.97. The van der Waals surface area contributed by atoms with Crippen molar-refractivity contribution in [2.24, 2.45) is 0 Å². The topological polar surface area (TPSA) is 49.9 Å². The number of H-pyrrole nitrogens is 1. The van der Waals surface area contributed by atoms with Crippen LogP contribution in [-0.4, -0.2) is 23.1 Å². The maximum atomic E-state index is 5.63. The molecule has 0 saturated carbocycles. The van der Waals surface area contributed by atoms with Crippen LogP contribution in [0.5, 0.6) is 5.75 Å². The van der Waals surface area contributed by atoms with Gasteiger partial charge in [0.25, 0.3) is 0 Å². The molecule has 0 fully saturated rings. The first kappa shape index (κ1) is 14.3. The molecule has 0 aliphatic carbocycles. The van der Waals surface area contributed by atoms with E-state index in [1.54, 1.807) is 12.3 Å². The van der Waals surface area contributed by atoms with E-state index < -0.39 is 0 Å². The summed E-state index contributed by atoms with van der Waals surface area (Å²) in [7, 11) is 0. The van der Waals surface area contributed by atoms with Gasteiger partial charge in [-0.1, -0.05) is 30.9 Å². The van der Waals surface area contributed by atoms with Crippen molar-refractivity contribution < 1.29 is 4.74 Å². The van der Waals surface area contributed by atoms with Crippen LogP contribution in [0.4, 0.5) is 0 Å². The predicted octanol–water partition coefficient (Wildman–Crippen LogP) is 2.70. The van der Waals surface area contributed by atoms with Gasteiger partial charge in [0.2, 0.25) is 0 Å². The third kappa shape index (κ3) is 4.55. The van der Waals surface area contributed by atoms with E-state index >= 15 is 0 Å². The highest BCUT2D eigenvalue weighted by Gasteiger charge is 2.01. The molecular formula is C16H21N3O. The molecule has 0 amide bonds. The zero-order valence-electron chi connectivity index (χ0n) is 11.6. The van der Waals surface area contributed by atoms with Gasteiger partial charge in [0.15, 0.2) is 0 Å². The molecule has 0 atom stereocenters. The zero-order chi connectivity index (χ0) is 14.0. The maximum Gasteiger partial charge on any atom is 0.124 e. The highest BCUT2D eigenvalue weighted by Crippen LogP contribution is 2.17. The molecule has 0 spiro atoms. The van der Waals surface area contributed by atoms with E-state index in [2.05, 4.69) is 27.9 Å². The minimum Gasteiger partial charge on any atom is -0.489 e. The first-order valence-corrected chi connectivity index (χ1v) is 6.90. The molecule has 2 N–H and O–H groups in total. The molecule has 2 aromatic rings. The molecule has 2 rings (SSSR count). The van der Waals surface area contributed by atoms with Crippen molar-refractivity contribution in [1.29, 1.82) is 0 Å². The van der Waals surface area contributed by atoms with Crippen molar-refractivity contribution in [2.45, 2.75) is 19.4 Å². The van der Waals surface area contributed by atoms with Crippen LogP contribution in [0, 0.1) is 0 Å². The fourth-order valence-corrected chi connectivity index (χ4v) is 1.98. The minimum atomic E-state index is 0.537. The van der Waals surface area contributed by atoms with Crippen LogP contribution >= 0.6 is 0 Å². The number of rotatable bonds is 9. The Bertz CT molecular complexity index is 508. The van der Waals surface area contributed by atoms with Crippen molar-refractivity contribution in [3.8, 4) is 5.75 Å². The van der Waals surface area contributed by atoms with Gasteiger partial charge in [-0.25, -0.2) is 4.98 Å². The van der Waals surface area contributed by atoms with Crippen molar-refractivity contribution in [3.05, 3.63) is 60.7 Å². The lowest BCUT2D eigenvalue weighted by Gasteiger charge is -2.10. The van der Waals surface area contributed by atoms with E-state index in [4.69, 9.17) is 4.74 Å². The fraction of sp³-hybridized carbons (Fsp3) is 0.312. The number of ether oxygens (including phenoxy) is 1. The summed E-state index contributed by atoms with van der Waals surface area (Å²) >= 11 is 0. The number of hydrogen-bond donors (Lipinski definition) is 2. The Labute approximate surface area is 119 Å². The van der Waals surface area contributed by atoms with Gasteiger partial charge in [-0.2, -0.15) is 0 Å². The number of nitrogens with zero attached hydrogens (tertiary/aromatic N) is 1. The average molecular weight is 271 g/mol. The fourth-order valence-electron chi connectivity index (χ4n) is 1.98. The molecule has 0 radical (unpaired) electrons. The van der Waals surface area contributed by atoms with Crippen LogP contribution in [0.3, 0.4) is 0 Å². The highest BCUT2D eigenvalue weighted by atomic mass is 16.5. The summed E-state index contributed by atoms with van der Waals surface area (Å²) in [6, 6.07) is 8.08. The molecule has 1 aromatic carbocycles. The molecule has 1 heterocycles. The van der Waals surface area contributed by atoms with E-state index in [-0.39, 0.29) is 0 Å². The summed E-state index contributed by atoms with van der Waals surface area (Å²) in [6.45, 7) is 5.97. The molecule has 1 aromatic heterocycles. The van der Waals surface area contributed by atoms with Crippen molar-refractivity contribution in [1.82, 2.24) is 15.3 Å². The van der Waals surface area contributed by atoms with Crippen LogP contribution in [0.25, 0.3) is 0 Å². The zero-order valence-corrected chi connectivity index (χ0v) is 11.6. The number of imidazole rings is 1. The SMILES string of the molecule is C=CCOc1ccccc1CNCCCc1ncc[nH]1. The third-order valence-electron chi connectivity index (χ3n) is 2.97. The van der Waals surface area contributed by atoms with E-state index in [0.717, 1.165) is 37.5 Å². The Morgan fingerprint density at radius 1 is 1.35 bits per heavy atom. The van der Waals surface area contributed by atoms with E-state index in [1.807, 2.05) is 24.4 Å². The Morgan fingerprint density at radius 3 is 3.05 bits per heavy atom. The van der Waals surface area contributed by atoms with Crippen LogP contribution in [0.1, 0.15) is 17.8 Å². The molecule has 106 valence electrons. The normalized spacial score (nSPS) is 10.4. The Balaban J connectivity index is 1.71. The molecule has 0 aliphatic heterocycles. The summed E-state index contributed by atoms with van der Waals surface area (Å²) < 4.78 is 5.63. The number of aromatic nitrogens is 2. The summed E-state index contributed by atoms with van der Waals surface area (Å²) in [6.07, 6.45) is 7.43. The van der Waals surface area contributed by atoms with E-state index in [0.29, 0.717) is 6.61 Å². The summed E-state index contributed by atoms with van der Waals surface area (Å²) in [4.78, 5) is 7.32. The Kier molecular flexibility index (Phi) is 5.86. The van der Waals surface area contributed by atoms with Gasteiger partial charge >= 0.3 is 0 Å². The number of para-hydroxylation sites is 1. The molecular weight excluding hydrogens is 250 g/mol. The van der Waals surface area contributed by atoms with Gasteiger partial charge in [-0.15, -0.1) is 0 Å². The van der Waals surface area contributed by atoms with Gasteiger partial charge in [-0.3, -0.25) is 0 Å². The molecule has 0 bridgehead atoms. The summed E-state index contributed by atoms with van der Waals surface area (Å²) in [5, 5.41) is 3.43. The lowest BCUT2D eigenvalue weighted by atomic mass is 10.2. The summed E-state index contributed by atoms with van der Waals surface area (Å²) in [5.41, 5.74) is 1.17. The van der Waals surface area contributed by atoms with Gasteiger partial charge in [0, 0.05) is 30.9 Å². The van der Waals surface area contributed by atoms with Crippen molar-refractivity contribution >= 4 is 0 Å². The lowest BCUT2D eigenvalue weighted by molar-refractivity contribution is 0.358. The number of nitrogens with one attached hydrogen (secondary N) is 2. The average Bonchev–Trinajstić information content (AvgIpc) is 2.99. The van der Waals surface area contributed by atoms with Crippen LogP contribution in [-0.2, 0) is 13.0 Å². The number of aryl methyl sites for hydroxylation is 1. The minimum absolute atomic E-state index is 0.537. The Morgan fingerprint density at radius 2 is 2.25 bits per heavy atom. The van der Waals surface area contributed by atoms with Crippen LogP contribution < -0.4 is 10.1 Å². The first-order valence-electron chi connectivity index (χ1n) is 6.90. The van der Waals surface area contributed by atoms with Crippen molar-refractivity contribution in [3.63, 3.8) is 0 Å². The number of hydrogen-bond acceptors (Lipinski definition) is 3. The van der Waals surface area contributed by atoms with Crippen LogP contribution in [0.15, 0.2) is 49.3 Å². The van der Waals surface area contributed by atoms with Gasteiger partial charge < -0.3 is 15.0 Å². The maximum absolute atomic E-state index is 5.63. The standard InChI is InChI=1S/C16H21N3O/c1-2-12-20-15-7-4-3-6-14(15)13-17-9-5-8-16-18-10-11-19-16/h2-4,6-7,10-11,17H,1,5,8-9,12-13H2,(H,18,19). The van der Waals surface area contributed by atoms with Gasteiger partial charge in [0.05, 0.1) is 0 Å². The van der Waals surface area contributed by atoms with Gasteiger partial charge in [0.1, 0.15) is 18.2 Å². The second kappa shape index (κ2) is 8.17. The second-order valence-electron chi connectivity index (χ2n) is 4.52. The van der Waals surface area contributed by atoms with Crippen molar-refractivity contribution in [2.75, 3.05) is 13.2 Å². The molecule has 0 aliphatic rings. The second-order valence-corrected chi connectivity index (χ2v) is 4.52. The number of benzene rings is 1. The monoisotopic (exact) mass is 271 g/mol. The summed E-state index contributed by atoms with van der Waals surface area (Å²) in [5.74, 6) is 1.97. The first-order chi connectivity index (χ1) is 9.90. The quantitative estimate of drug-likeness (QED) is 0.544. The largest absolute Gasteiger partial charge is 0.489 e. The molecule has 0 unspecified atom stereocenters. The highest BCUT2D eigenvalue weighted by molar-refractivity contribution is 5.33. The predicted molar refractivity (Wildman–Crippen MR) is 80.7 cm³/mol. The smallest absolute Gasteiger partial charge is 0.124 e. The number of aromatic amines is 1. The molecule has 4 heteroatoms. The van der Waals surface area contributed by atoms with Gasteiger partial charge in [-0.05, 0) is 19.0 Å². The van der Waals surface area contributed by atoms with Crippen LogP contribution in [0.2, 0.25) is 0 Å². The lowest BCUT2D eigenvalue weighted by Crippen LogP contribution is -2.16. The Hall–Kier alpha value is -2.07. The van der Waals surface area contributed by atoms with E-state index in [9.17, 15) is 0 Å². The molecule has 0 saturated heterocycles.